The Morgan fingerprint density at radius 1 is 1.29 bits per heavy atom. The topological polar surface area (TPSA) is 59.8 Å². The highest BCUT2D eigenvalue weighted by atomic mass is 32.1. The highest BCUT2D eigenvalue weighted by Gasteiger charge is 2.35. The lowest BCUT2D eigenvalue weighted by atomic mass is 9.89. The van der Waals surface area contributed by atoms with Crippen LogP contribution in [0.4, 0.5) is 5.82 Å². The first-order chi connectivity index (χ1) is 11.6. The maximum atomic E-state index is 12.3. The average Bonchev–Trinajstić information content (AvgIpc) is 3.22. The molecule has 0 spiro atoms. The van der Waals surface area contributed by atoms with E-state index in [9.17, 15) is 4.79 Å². The molecule has 0 saturated carbocycles. The van der Waals surface area contributed by atoms with Gasteiger partial charge in [-0.3, -0.25) is 4.79 Å². The molecule has 0 radical (unpaired) electrons. The first kappa shape index (κ1) is 15.1. The van der Waals surface area contributed by atoms with Crippen LogP contribution in [0.3, 0.4) is 0 Å². The van der Waals surface area contributed by atoms with Crippen LogP contribution in [0.5, 0.6) is 0 Å². The summed E-state index contributed by atoms with van der Waals surface area (Å²) in [5, 5.41) is 10.8. The van der Waals surface area contributed by atoms with E-state index in [1.165, 1.54) is 0 Å². The summed E-state index contributed by atoms with van der Waals surface area (Å²) >= 11 is 1.59. The van der Waals surface area contributed by atoms with E-state index in [1.807, 2.05) is 40.4 Å². The van der Waals surface area contributed by atoms with Gasteiger partial charge >= 0.3 is 0 Å². The molecule has 0 aliphatic carbocycles. The first-order valence-electron chi connectivity index (χ1n) is 8.02. The fourth-order valence-electron chi connectivity index (χ4n) is 3.18. The molecule has 4 rings (SSSR count). The molecule has 0 bridgehead atoms. The molecule has 1 N–H and O–H groups in total. The quantitative estimate of drug-likeness (QED) is 0.787. The van der Waals surface area contributed by atoms with Gasteiger partial charge in [0.05, 0.1) is 17.3 Å². The van der Waals surface area contributed by atoms with E-state index in [1.54, 1.807) is 17.5 Å². The summed E-state index contributed by atoms with van der Waals surface area (Å²) in [6, 6.07) is 9.91. The zero-order valence-corrected chi connectivity index (χ0v) is 14.4. The molecule has 0 saturated heterocycles. The highest BCUT2D eigenvalue weighted by molar-refractivity contribution is 7.09. The molecule has 2 aromatic heterocycles. The van der Waals surface area contributed by atoms with Crippen LogP contribution in [-0.2, 0) is 4.79 Å². The van der Waals surface area contributed by atoms with E-state index in [0.717, 1.165) is 27.8 Å². The molecule has 1 amide bonds. The molecule has 1 aliphatic rings. The Morgan fingerprint density at radius 2 is 2.08 bits per heavy atom. The van der Waals surface area contributed by atoms with E-state index in [-0.39, 0.29) is 17.7 Å². The summed E-state index contributed by atoms with van der Waals surface area (Å²) in [5.41, 5.74) is 3.07. The van der Waals surface area contributed by atoms with Gasteiger partial charge in [-0.15, -0.1) is 11.3 Å². The molecule has 3 heterocycles. The molecule has 3 aromatic rings. The molecule has 1 aromatic carbocycles. The number of thiazole rings is 1. The second kappa shape index (κ2) is 5.87. The van der Waals surface area contributed by atoms with Crippen LogP contribution in [0.25, 0.3) is 5.69 Å². The predicted octanol–water partition coefficient (Wildman–Crippen LogP) is 3.93. The van der Waals surface area contributed by atoms with Crippen molar-refractivity contribution in [2.24, 2.45) is 0 Å². The average molecular weight is 338 g/mol. The molecule has 1 atom stereocenters. The number of carbonyl (C=O) groups excluding carboxylic acids is 1. The Bertz CT molecular complexity index is 868. The van der Waals surface area contributed by atoms with Crippen molar-refractivity contribution in [2.75, 3.05) is 5.32 Å². The first-order valence-corrected chi connectivity index (χ1v) is 8.90. The van der Waals surface area contributed by atoms with Crippen LogP contribution in [0, 0.1) is 0 Å². The van der Waals surface area contributed by atoms with Crippen LogP contribution >= 0.6 is 11.3 Å². The smallest absolute Gasteiger partial charge is 0.226 e. The summed E-state index contributed by atoms with van der Waals surface area (Å²) in [6.45, 7) is 4.26. The van der Waals surface area contributed by atoms with E-state index in [2.05, 4.69) is 24.1 Å². The van der Waals surface area contributed by atoms with E-state index in [4.69, 9.17) is 5.10 Å². The van der Waals surface area contributed by atoms with Crippen LogP contribution in [0.15, 0.2) is 41.9 Å². The number of anilines is 1. The van der Waals surface area contributed by atoms with Crippen LogP contribution < -0.4 is 5.32 Å². The van der Waals surface area contributed by atoms with Gasteiger partial charge in [0.1, 0.15) is 10.8 Å². The molecule has 5 nitrogen and oxygen atoms in total. The Hall–Kier alpha value is -2.47. The second-order valence-electron chi connectivity index (χ2n) is 6.22. The highest BCUT2D eigenvalue weighted by Crippen LogP contribution is 2.42. The minimum atomic E-state index is -0.0244. The number of aromatic nitrogens is 3. The number of rotatable bonds is 3. The third-order valence-corrected chi connectivity index (χ3v) is 5.13. The minimum absolute atomic E-state index is 0.00934. The number of hydrogen-bond acceptors (Lipinski definition) is 4. The molecular formula is C18H18N4OS. The standard InChI is InChI=1S/C18H18N4OS/c1-11(2)16-15-13(18-19-8-9-24-18)10-14(23)20-17(15)22(21-16)12-6-4-3-5-7-12/h3-9,11,13H,10H2,1-2H3,(H,20,23)/t13-/m1/s1. The van der Waals surface area contributed by atoms with Gasteiger partial charge in [0.15, 0.2) is 0 Å². The Labute approximate surface area is 144 Å². The number of fused-ring (bicyclic) bond motifs is 1. The van der Waals surface area contributed by atoms with Crippen molar-refractivity contribution in [1.82, 2.24) is 14.8 Å². The lowest BCUT2D eigenvalue weighted by Crippen LogP contribution is -2.25. The lowest BCUT2D eigenvalue weighted by molar-refractivity contribution is -0.116. The minimum Gasteiger partial charge on any atom is -0.310 e. The van der Waals surface area contributed by atoms with E-state index in [0.29, 0.717) is 6.42 Å². The number of hydrogen-bond donors (Lipinski definition) is 1. The van der Waals surface area contributed by atoms with Gasteiger partial charge in [-0.25, -0.2) is 9.67 Å². The lowest BCUT2D eigenvalue weighted by Gasteiger charge is -2.23. The van der Waals surface area contributed by atoms with Gasteiger partial charge < -0.3 is 5.32 Å². The van der Waals surface area contributed by atoms with Gasteiger partial charge in [-0.2, -0.15) is 5.10 Å². The second-order valence-corrected chi connectivity index (χ2v) is 7.15. The maximum absolute atomic E-state index is 12.3. The van der Waals surface area contributed by atoms with Crippen molar-refractivity contribution in [3.63, 3.8) is 0 Å². The summed E-state index contributed by atoms with van der Waals surface area (Å²) in [6.07, 6.45) is 2.21. The Morgan fingerprint density at radius 3 is 2.75 bits per heavy atom. The fraction of sp³-hybridized carbons (Fsp3) is 0.278. The zero-order valence-electron chi connectivity index (χ0n) is 13.6. The van der Waals surface area contributed by atoms with Gasteiger partial charge in [0.2, 0.25) is 5.91 Å². The molecule has 24 heavy (non-hydrogen) atoms. The van der Waals surface area contributed by atoms with Crippen molar-refractivity contribution < 1.29 is 4.79 Å². The third-order valence-electron chi connectivity index (χ3n) is 4.24. The number of nitrogens with zero attached hydrogens (tertiary/aromatic N) is 3. The number of nitrogens with one attached hydrogen (secondary N) is 1. The van der Waals surface area contributed by atoms with Crippen molar-refractivity contribution in [3.05, 3.63) is 58.2 Å². The predicted molar refractivity (Wildman–Crippen MR) is 94.9 cm³/mol. The normalized spacial score (nSPS) is 17.0. The van der Waals surface area contributed by atoms with Gasteiger partial charge in [0, 0.05) is 23.6 Å². The Balaban J connectivity index is 1.95. The molecule has 0 fully saturated rings. The largest absolute Gasteiger partial charge is 0.310 e. The molecule has 122 valence electrons. The zero-order chi connectivity index (χ0) is 16.7. The molecule has 1 aliphatic heterocycles. The van der Waals surface area contributed by atoms with Crippen LogP contribution in [0.1, 0.15) is 48.4 Å². The fourth-order valence-corrected chi connectivity index (χ4v) is 3.93. The monoisotopic (exact) mass is 338 g/mol. The van der Waals surface area contributed by atoms with Crippen molar-refractivity contribution >= 4 is 23.1 Å². The molecular weight excluding hydrogens is 320 g/mol. The van der Waals surface area contributed by atoms with Crippen molar-refractivity contribution in [1.29, 1.82) is 0 Å². The van der Waals surface area contributed by atoms with E-state index >= 15 is 0 Å². The summed E-state index contributed by atoms with van der Waals surface area (Å²) in [7, 11) is 0. The van der Waals surface area contributed by atoms with Gasteiger partial charge in [-0.1, -0.05) is 32.0 Å². The van der Waals surface area contributed by atoms with Crippen molar-refractivity contribution in [3.8, 4) is 5.69 Å². The SMILES string of the molecule is CC(C)c1nn(-c2ccccc2)c2c1[C@H](c1nccs1)CC(=O)N2. The number of para-hydroxylation sites is 1. The number of carbonyl (C=O) groups is 1. The maximum Gasteiger partial charge on any atom is 0.226 e. The summed E-state index contributed by atoms with van der Waals surface area (Å²) in [4.78, 5) is 16.8. The summed E-state index contributed by atoms with van der Waals surface area (Å²) < 4.78 is 1.85. The van der Waals surface area contributed by atoms with E-state index < -0.39 is 0 Å². The number of benzene rings is 1. The van der Waals surface area contributed by atoms with Crippen molar-refractivity contribution in [2.45, 2.75) is 32.1 Å². The molecule has 0 unspecified atom stereocenters. The molecule has 6 heteroatoms. The Kier molecular flexibility index (Phi) is 3.69. The number of amides is 1. The van der Waals surface area contributed by atoms with Crippen LogP contribution in [-0.4, -0.2) is 20.7 Å². The third kappa shape index (κ3) is 2.43. The van der Waals surface area contributed by atoms with Gasteiger partial charge in [-0.05, 0) is 18.1 Å². The van der Waals surface area contributed by atoms with Crippen LogP contribution in [0.2, 0.25) is 0 Å². The summed E-state index contributed by atoms with van der Waals surface area (Å²) in [5.74, 6) is 1.03. The van der Waals surface area contributed by atoms with Gasteiger partial charge in [0.25, 0.3) is 0 Å².